The molecule has 0 aromatic rings. The first-order valence-corrected chi connectivity index (χ1v) is 4.04. The molecule has 0 bridgehead atoms. The lowest BCUT2D eigenvalue weighted by Gasteiger charge is -2.43. The normalized spacial score (nSPS) is 52.2. The molecule has 13 heavy (non-hydrogen) atoms. The minimum absolute atomic E-state index is 0.0406. The summed E-state index contributed by atoms with van der Waals surface area (Å²) < 4.78 is 4.89. The number of hydrogen-bond donors (Lipinski definition) is 5. The van der Waals surface area contributed by atoms with E-state index in [0.29, 0.717) is 0 Å². The molecule has 0 saturated carbocycles. The topological polar surface area (TPSA) is 116 Å². The third-order valence-corrected chi connectivity index (χ3v) is 2.23. The predicted molar refractivity (Wildman–Crippen MR) is 42.6 cm³/mol. The third kappa shape index (κ3) is 1.83. The van der Waals surface area contributed by atoms with E-state index in [0.717, 1.165) is 0 Å². The van der Waals surface area contributed by atoms with Crippen LogP contribution < -0.4 is 5.73 Å². The van der Waals surface area contributed by atoms with Crippen LogP contribution in [-0.2, 0) is 4.74 Å². The highest BCUT2D eigenvalue weighted by Gasteiger charge is 2.49. The highest BCUT2D eigenvalue weighted by molar-refractivity contribution is 4.94. The van der Waals surface area contributed by atoms with Crippen LogP contribution in [0.25, 0.3) is 0 Å². The van der Waals surface area contributed by atoms with Gasteiger partial charge in [-0.2, -0.15) is 0 Å². The third-order valence-electron chi connectivity index (χ3n) is 2.23. The van der Waals surface area contributed by atoms with Crippen LogP contribution in [0.4, 0.5) is 0 Å². The fraction of sp³-hybridized carbons (Fsp3) is 1.00. The fourth-order valence-corrected chi connectivity index (χ4v) is 1.36. The summed E-state index contributed by atoms with van der Waals surface area (Å²) in [6.07, 6.45) is -5.13. The lowest BCUT2D eigenvalue weighted by atomic mass is 9.93. The maximum Gasteiger partial charge on any atom is 0.192 e. The van der Waals surface area contributed by atoms with E-state index in [4.69, 9.17) is 10.5 Å². The molecule has 1 aliphatic rings. The van der Waals surface area contributed by atoms with Crippen molar-refractivity contribution < 1.29 is 25.2 Å². The quantitative estimate of drug-likeness (QED) is 0.306. The standard InChI is InChI=1S/C7H15NO5/c1-7(12)6(11)5(10)4(9)3(2-8)13-7/h3-6,9-12H,2,8H2,1H3/t3-,4-,5+,6+,7?/m1/s1. The van der Waals surface area contributed by atoms with E-state index in [1.165, 1.54) is 6.92 Å². The van der Waals surface area contributed by atoms with Gasteiger partial charge in [0.25, 0.3) is 0 Å². The van der Waals surface area contributed by atoms with Crippen LogP contribution in [0.15, 0.2) is 0 Å². The molecule has 0 spiro atoms. The number of ether oxygens (including phenoxy) is 1. The molecule has 5 atom stereocenters. The van der Waals surface area contributed by atoms with Gasteiger partial charge in [-0.25, -0.2) is 0 Å². The smallest absolute Gasteiger partial charge is 0.192 e. The van der Waals surface area contributed by atoms with Gasteiger partial charge in [0.2, 0.25) is 0 Å². The summed E-state index contributed by atoms with van der Waals surface area (Å²) in [7, 11) is 0. The average molecular weight is 193 g/mol. The highest BCUT2D eigenvalue weighted by atomic mass is 16.7. The Morgan fingerprint density at radius 1 is 1.31 bits per heavy atom. The zero-order valence-corrected chi connectivity index (χ0v) is 7.29. The fourth-order valence-electron chi connectivity index (χ4n) is 1.36. The lowest BCUT2D eigenvalue weighted by molar-refractivity contribution is -0.335. The molecule has 1 fully saturated rings. The second-order valence-corrected chi connectivity index (χ2v) is 3.37. The molecule has 78 valence electrons. The van der Waals surface area contributed by atoms with Crippen molar-refractivity contribution in [3.8, 4) is 0 Å². The summed E-state index contributed by atoms with van der Waals surface area (Å²) in [6.45, 7) is 1.16. The number of aliphatic hydroxyl groups is 4. The largest absolute Gasteiger partial charge is 0.388 e. The van der Waals surface area contributed by atoms with Crippen molar-refractivity contribution >= 4 is 0 Å². The Morgan fingerprint density at radius 2 is 1.85 bits per heavy atom. The molecule has 6 nitrogen and oxygen atoms in total. The molecular formula is C7H15NO5. The van der Waals surface area contributed by atoms with Gasteiger partial charge in [-0.05, 0) is 6.92 Å². The SMILES string of the molecule is CC1(O)O[C@H](CN)[C@@H](O)[C@H](O)[C@@H]1O. The Balaban J connectivity index is 2.79. The van der Waals surface area contributed by atoms with Gasteiger partial charge >= 0.3 is 0 Å². The van der Waals surface area contributed by atoms with E-state index in [2.05, 4.69) is 0 Å². The maximum absolute atomic E-state index is 9.43. The molecule has 0 aromatic heterocycles. The molecule has 0 radical (unpaired) electrons. The Labute approximate surface area is 75.6 Å². The molecule has 1 rings (SSSR count). The van der Waals surface area contributed by atoms with Crippen LogP contribution in [0.1, 0.15) is 6.92 Å². The summed E-state index contributed by atoms with van der Waals surface area (Å²) in [5.41, 5.74) is 5.23. The van der Waals surface area contributed by atoms with Crippen molar-refractivity contribution in [2.75, 3.05) is 6.54 Å². The number of hydrogen-bond acceptors (Lipinski definition) is 6. The van der Waals surface area contributed by atoms with Gasteiger partial charge < -0.3 is 30.9 Å². The maximum atomic E-state index is 9.43. The highest BCUT2D eigenvalue weighted by Crippen LogP contribution is 2.26. The number of rotatable bonds is 1. The van der Waals surface area contributed by atoms with Crippen LogP contribution in [0.3, 0.4) is 0 Å². The van der Waals surface area contributed by atoms with E-state index in [9.17, 15) is 20.4 Å². The van der Waals surface area contributed by atoms with Gasteiger partial charge in [0.15, 0.2) is 5.79 Å². The van der Waals surface area contributed by atoms with Crippen molar-refractivity contribution in [3.05, 3.63) is 0 Å². The zero-order valence-electron chi connectivity index (χ0n) is 7.29. The first-order chi connectivity index (χ1) is 5.90. The summed E-state index contributed by atoms with van der Waals surface area (Å²) in [4.78, 5) is 0. The minimum atomic E-state index is -1.87. The van der Waals surface area contributed by atoms with Crippen molar-refractivity contribution in [3.63, 3.8) is 0 Å². The Hall–Kier alpha value is -0.240. The molecule has 1 heterocycles. The van der Waals surface area contributed by atoms with Gasteiger partial charge in [0.05, 0.1) is 0 Å². The van der Waals surface area contributed by atoms with Gasteiger partial charge in [0, 0.05) is 6.54 Å². The van der Waals surface area contributed by atoms with E-state index >= 15 is 0 Å². The molecular weight excluding hydrogens is 178 g/mol. The average Bonchev–Trinajstić information content (AvgIpc) is 2.08. The number of nitrogens with two attached hydrogens (primary N) is 1. The first-order valence-electron chi connectivity index (χ1n) is 4.04. The van der Waals surface area contributed by atoms with E-state index < -0.39 is 30.2 Å². The van der Waals surface area contributed by atoms with Crippen molar-refractivity contribution in [2.24, 2.45) is 5.73 Å². The minimum Gasteiger partial charge on any atom is -0.388 e. The summed E-state index contributed by atoms with van der Waals surface area (Å²) >= 11 is 0. The number of aliphatic hydroxyl groups excluding tert-OH is 3. The van der Waals surface area contributed by atoms with E-state index in [1.54, 1.807) is 0 Å². The molecule has 1 unspecified atom stereocenters. The van der Waals surface area contributed by atoms with Gasteiger partial charge in [0.1, 0.15) is 24.4 Å². The van der Waals surface area contributed by atoms with Crippen LogP contribution in [-0.4, -0.2) is 57.2 Å². The monoisotopic (exact) mass is 193 g/mol. The van der Waals surface area contributed by atoms with Gasteiger partial charge in [-0.1, -0.05) is 0 Å². The predicted octanol–water partition coefficient (Wildman–Crippen LogP) is -2.86. The van der Waals surface area contributed by atoms with Crippen LogP contribution in [0.5, 0.6) is 0 Å². The first kappa shape index (κ1) is 10.8. The van der Waals surface area contributed by atoms with Crippen molar-refractivity contribution in [1.29, 1.82) is 0 Å². The van der Waals surface area contributed by atoms with E-state index in [-0.39, 0.29) is 6.54 Å². The summed E-state index contributed by atoms with van der Waals surface area (Å²) in [5, 5.41) is 37.3. The summed E-state index contributed by atoms with van der Waals surface area (Å²) in [5.74, 6) is -1.87. The van der Waals surface area contributed by atoms with Gasteiger partial charge in [-0.15, -0.1) is 0 Å². The summed E-state index contributed by atoms with van der Waals surface area (Å²) in [6, 6.07) is 0. The lowest BCUT2D eigenvalue weighted by Crippen LogP contribution is -2.64. The zero-order chi connectivity index (χ0) is 10.2. The second-order valence-electron chi connectivity index (χ2n) is 3.37. The van der Waals surface area contributed by atoms with Crippen LogP contribution >= 0.6 is 0 Å². The second kappa shape index (κ2) is 3.49. The van der Waals surface area contributed by atoms with Crippen LogP contribution in [0.2, 0.25) is 0 Å². The molecule has 6 heteroatoms. The molecule has 6 N–H and O–H groups in total. The Morgan fingerprint density at radius 3 is 2.31 bits per heavy atom. The molecule has 0 amide bonds. The van der Waals surface area contributed by atoms with Crippen molar-refractivity contribution in [2.45, 2.75) is 37.1 Å². The van der Waals surface area contributed by atoms with Crippen molar-refractivity contribution in [1.82, 2.24) is 0 Å². The van der Waals surface area contributed by atoms with E-state index in [1.807, 2.05) is 0 Å². The Kier molecular flexibility index (Phi) is 2.91. The molecule has 1 saturated heterocycles. The van der Waals surface area contributed by atoms with Gasteiger partial charge in [-0.3, -0.25) is 0 Å². The van der Waals surface area contributed by atoms with Crippen LogP contribution in [0, 0.1) is 0 Å². The Bertz CT molecular complexity index is 184. The molecule has 1 aliphatic heterocycles. The molecule has 0 aliphatic carbocycles. The molecule has 0 aromatic carbocycles.